The lowest BCUT2D eigenvalue weighted by Gasteiger charge is -2.25. The van der Waals surface area contributed by atoms with Gasteiger partial charge in [-0.3, -0.25) is 0 Å². The third-order valence-electron chi connectivity index (χ3n) is 4.32. The first kappa shape index (κ1) is 17.2. The summed E-state index contributed by atoms with van der Waals surface area (Å²) < 4.78 is 0. The minimum Gasteiger partial charge on any atom is -0.387 e. The van der Waals surface area contributed by atoms with Crippen molar-refractivity contribution in [2.24, 2.45) is 0 Å². The Hall–Kier alpha value is -1.12. The molecule has 0 heterocycles. The quantitative estimate of drug-likeness (QED) is 0.695. The number of halogens is 1. The first-order valence-corrected chi connectivity index (χ1v) is 8.61. The maximum Gasteiger partial charge on any atom is 0.0961 e. The molecule has 2 heteroatoms. The lowest BCUT2D eigenvalue weighted by Crippen LogP contribution is -2.11. The van der Waals surface area contributed by atoms with Crippen molar-refractivity contribution in [3.63, 3.8) is 0 Å². The van der Waals surface area contributed by atoms with Gasteiger partial charge in [-0.05, 0) is 74.9 Å². The lowest BCUT2D eigenvalue weighted by atomic mass is 9.89. The molecule has 0 fully saturated rings. The maximum absolute atomic E-state index is 11.0. The number of aliphatic hydroxyl groups is 1. The van der Waals surface area contributed by atoms with Crippen LogP contribution < -0.4 is 0 Å². The Morgan fingerprint density at radius 1 is 0.682 bits per heavy atom. The van der Waals surface area contributed by atoms with Gasteiger partial charge in [0.25, 0.3) is 0 Å². The Bertz CT molecular complexity index is 595. The van der Waals surface area contributed by atoms with Crippen molar-refractivity contribution in [1.29, 1.82) is 0 Å². The molecule has 2 aromatic carbocycles. The minimum atomic E-state index is -0.555. The van der Waals surface area contributed by atoms with Crippen LogP contribution in [0.15, 0.2) is 24.3 Å². The number of hydrogen-bond acceptors (Lipinski definition) is 1. The fourth-order valence-electron chi connectivity index (χ4n) is 3.59. The van der Waals surface area contributed by atoms with Gasteiger partial charge in [0.15, 0.2) is 0 Å². The normalized spacial score (nSPS) is 14.0. The van der Waals surface area contributed by atoms with Gasteiger partial charge in [0.2, 0.25) is 0 Å². The Morgan fingerprint density at radius 2 is 1.00 bits per heavy atom. The third-order valence-corrected chi connectivity index (χ3v) is 5.28. The molecule has 2 aromatic rings. The van der Waals surface area contributed by atoms with E-state index in [2.05, 4.69) is 81.7 Å². The zero-order chi connectivity index (χ0) is 16.6. The van der Waals surface area contributed by atoms with Gasteiger partial charge in [0.1, 0.15) is 0 Å². The zero-order valence-electron chi connectivity index (χ0n) is 14.3. The molecule has 0 amide bonds. The zero-order valence-corrected chi connectivity index (χ0v) is 15.9. The fraction of sp³-hybridized carbons (Fsp3) is 0.400. The van der Waals surface area contributed by atoms with E-state index >= 15 is 0 Å². The van der Waals surface area contributed by atoms with Gasteiger partial charge in [-0.1, -0.05) is 51.3 Å². The molecule has 0 aliphatic heterocycles. The number of aliphatic hydroxyl groups excluding tert-OH is 1. The van der Waals surface area contributed by atoms with Crippen LogP contribution >= 0.6 is 15.9 Å². The van der Waals surface area contributed by atoms with E-state index in [-0.39, 0.29) is 4.83 Å². The largest absolute Gasteiger partial charge is 0.387 e. The third kappa shape index (κ3) is 3.28. The molecular formula is C20H25BrO. The predicted octanol–water partition coefficient (Wildman–Crippen LogP) is 5.71. The fourth-order valence-corrected chi connectivity index (χ4v) is 4.57. The van der Waals surface area contributed by atoms with E-state index in [4.69, 9.17) is 0 Å². The second kappa shape index (κ2) is 6.55. The average Bonchev–Trinajstić information content (AvgIpc) is 2.35. The van der Waals surface area contributed by atoms with Crippen molar-refractivity contribution in [3.8, 4) is 0 Å². The van der Waals surface area contributed by atoms with Crippen LogP contribution in [-0.4, -0.2) is 5.11 Å². The highest BCUT2D eigenvalue weighted by molar-refractivity contribution is 9.09. The van der Waals surface area contributed by atoms with E-state index in [9.17, 15) is 5.11 Å². The van der Waals surface area contributed by atoms with E-state index in [0.717, 1.165) is 16.7 Å². The second-order valence-electron chi connectivity index (χ2n) is 6.47. The molecular weight excluding hydrogens is 336 g/mol. The van der Waals surface area contributed by atoms with E-state index in [1.807, 2.05) is 0 Å². The van der Waals surface area contributed by atoms with Crippen LogP contribution in [0.25, 0.3) is 0 Å². The van der Waals surface area contributed by atoms with Crippen LogP contribution in [0.5, 0.6) is 0 Å². The summed E-state index contributed by atoms with van der Waals surface area (Å²) >= 11 is 3.75. The lowest BCUT2D eigenvalue weighted by molar-refractivity contribution is 0.175. The van der Waals surface area contributed by atoms with Crippen molar-refractivity contribution in [3.05, 3.63) is 68.8 Å². The highest BCUT2D eigenvalue weighted by Gasteiger charge is 2.25. The van der Waals surface area contributed by atoms with Crippen LogP contribution in [0.2, 0.25) is 0 Å². The molecule has 0 aliphatic carbocycles. The monoisotopic (exact) mass is 360 g/mol. The Morgan fingerprint density at radius 3 is 1.36 bits per heavy atom. The van der Waals surface area contributed by atoms with Gasteiger partial charge in [0, 0.05) is 0 Å². The molecule has 1 nitrogen and oxygen atoms in total. The topological polar surface area (TPSA) is 20.2 Å². The van der Waals surface area contributed by atoms with Gasteiger partial charge >= 0.3 is 0 Å². The van der Waals surface area contributed by atoms with Crippen molar-refractivity contribution < 1.29 is 5.11 Å². The van der Waals surface area contributed by atoms with Crippen molar-refractivity contribution >= 4 is 15.9 Å². The molecule has 2 atom stereocenters. The molecule has 0 bridgehead atoms. The van der Waals surface area contributed by atoms with Crippen molar-refractivity contribution in [2.75, 3.05) is 0 Å². The summed E-state index contributed by atoms with van der Waals surface area (Å²) in [5.74, 6) is 0. The van der Waals surface area contributed by atoms with Crippen LogP contribution in [0.3, 0.4) is 0 Å². The van der Waals surface area contributed by atoms with E-state index in [1.165, 1.54) is 27.8 Å². The predicted molar refractivity (Wildman–Crippen MR) is 97.9 cm³/mol. The first-order chi connectivity index (χ1) is 10.2. The highest BCUT2D eigenvalue weighted by Crippen LogP contribution is 2.41. The molecule has 118 valence electrons. The second-order valence-corrected chi connectivity index (χ2v) is 7.46. The summed E-state index contributed by atoms with van der Waals surface area (Å²) in [6, 6.07) is 8.64. The summed E-state index contributed by atoms with van der Waals surface area (Å²) in [5.41, 5.74) is 9.47. The summed E-state index contributed by atoms with van der Waals surface area (Å²) in [7, 11) is 0. The van der Waals surface area contributed by atoms with Crippen molar-refractivity contribution in [1.82, 2.24) is 0 Å². The molecule has 0 saturated carbocycles. The maximum atomic E-state index is 11.0. The minimum absolute atomic E-state index is 0.104. The average molecular weight is 361 g/mol. The van der Waals surface area contributed by atoms with E-state index in [0.29, 0.717) is 0 Å². The molecule has 2 rings (SSSR count). The Kier molecular flexibility index (Phi) is 5.14. The smallest absolute Gasteiger partial charge is 0.0961 e. The molecule has 0 saturated heterocycles. The summed E-state index contributed by atoms with van der Waals surface area (Å²) in [4.78, 5) is -0.104. The molecule has 0 unspecified atom stereocenters. The number of benzene rings is 2. The van der Waals surface area contributed by atoms with Crippen LogP contribution in [0.4, 0.5) is 0 Å². The molecule has 0 aliphatic rings. The van der Waals surface area contributed by atoms with Gasteiger partial charge in [-0.25, -0.2) is 0 Å². The molecule has 1 N–H and O–H groups in total. The van der Waals surface area contributed by atoms with Crippen molar-refractivity contribution in [2.45, 2.75) is 52.5 Å². The van der Waals surface area contributed by atoms with Crippen LogP contribution in [0.1, 0.15) is 55.4 Å². The highest BCUT2D eigenvalue weighted by atomic mass is 79.9. The number of alkyl halides is 1. The number of hydrogen-bond donors (Lipinski definition) is 1. The van der Waals surface area contributed by atoms with Gasteiger partial charge in [-0.2, -0.15) is 0 Å². The number of rotatable bonds is 3. The molecule has 0 spiro atoms. The molecule has 0 radical (unpaired) electrons. The summed E-state index contributed by atoms with van der Waals surface area (Å²) in [5, 5.41) is 11.0. The Balaban J connectivity index is 2.49. The Labute approximate surface area is 142 Å². The van der Waals surface area contributed by atoms with E-state index < -0.39 is 6.10 Å². The standard InChI is InChI=1S/C20H25BrO/c1-11-7-13(3)17(14(4)8-11)19(21)20(22)18-15(5)9-12(2)10-16(18)6/h7-10,19-20,22H,1-6H3/t19-,20+/m1/s1. The van der Waals surface area contributed by atoms with Crippen LogP contribution in [0, 0.1) is 41.5 Å². The van der Waals surface area contributed by atoms with Gasteiger partial charge < -0.3 is 5.11 Å². The summed E-state index contributed by atoms with van der Waals surface area (Å²) in [6.07, 6.45) is -0.555. The van der Waals surface area contributed by atoms with Gasteiger partial charge in [-0.15, -0.1) is 0 Å². The van der Waals surface area contributed by atoms with Gasteiger partial charge in [0.05, 0.1) is 10.9 Å². The summed E-state index contributed by atoms with van der Waals surface area (Å²) in [6.45, 7) is 12.6. The molecule has 0 aromatic heterocycles. The molecule has 22 heavy (non-hydrogen) atoms. The van der Waals surface area contributed by atoms with Crippen LogP contribution in [-0.2, 0) is 0 Å². The first-order valence-electron chi connectivity index (χ1n) is 7.70. The SMILES string of the molecule is Cc1cc(C)c([C@@H](Br)[C@@H](O)c2c(C)cc(C)cc2C)c(C)c1. The number of aryl methyl sites for hydroxylation is 6. The van der Waals surface area contributed by atoms with E-state index in [1.54, 1.807) is 0 Å².